The van der Waals surface area contributed by atoms with Gasteiger partial charge in [-0.15, -0.1) is 22.7 Å². The van der Waals surface area contributed by atoms with Gasteiger partial charge < -0.3 is 14.8 Å². The molecule has 1 aliphatic carbocycles. The normalized spacial score (nSPS) is 13.2. The Morgan fingerprint density at radius 1 is 1.10 bits per heavy atom. The molecule has 156 valence electrons. The average molecular weight is 442 g/mol. The van der Waals surface area contributed by atoms with Crippen molar-refractivity contribution in [3.8, 4) is 5.75 Å². The maximum atomic E-state index is 12.9. The second-order valence-corrected chi connectivity index (χ2v) is 9.15. The monoisotopic (exact) mass is 441 g/mol. The van der Waals surface area contributed by atoms with E-state index in [0.29, 0.717) is 22.0 Å². The molecule has 0 saturated heterocycles. The lowest BCUT2D eigenvalue weighted by Crippen LogP contribution is -2.13. The van der Waals surface area contributed by atoms with Crippen molar-refractivity contribution in [2.24, 2.45) is 0 Å². The minimum absolute atomic E-state index is 0.215. The molecule has 1 amide bonds. The number of para-hydroxylation sites is 1. The number of hydrogen-bond acceptors (Lipinski definition) is 6. The molecule has 3 aromatic rings. The first-order valence-corrected chi connectivity index (χ1v) is 11.6. The minimum atomic E-state index is -0.382. The molecular weight excluding hydrogens is 418 g/mol. The number of fused-ring (bicyclic) bond motifs is 1. The number of benzene rings is 1. The second kappa shape index (κ2) is 9.45. The third kappa shape index (κ3) is 4.57. The van der Waals surface area contributed by atoms with E-state index in [4.69, 9.17) is 9.47 Å². The molecule has 2 aromatic heterocycles. The number of esters is 1. The number of methoxy groups -OCH3 is 1. The predicted molar refractivity (Wildman–Crippen MR) is 120 cm³/mol. The molecule has 1 aliphatic rings. The number of carbonyl (C=O) groups is 2. The van der Waals surface area contributed by atoms with Gasteiger partial charge in [0.1, 0.15) is 17.4 Å². The summed E-state index contributed by atoms with van der Waals surface area (Å²) in [6.45, 7) is 0.397. The third-order valence-corrected chi connectivity index (χ3v) is 7.25. The van der Waals surface area contributed by atoms with E-state index < -0.39 is 0 Å². The van der Waals surface area contributed by atoms with Crippen LogP contribution in [-0.4, -0.2) is 19.0 Å². The molecule has 0 aliphatic heterocycles. The first-order valence-electron chi connectivity index (χ1n) is 9.95. The van der Waals surface area contributed by atoms with Crippen LogP contribution >= 0.6 is 22.7 Å². The topological polar surface area (TPSA) is 64.6 Å². The van der Waals surface area contributed by atoms with Gasteiger partial charge in [0, 0.05) is 10.4 Å². The fourth-order valence-corrected chi connectivity index (χ4v) is 5.63. The summed E-state index contributed by atoms with van der Waals surface area (Å²) >= 11 is 2.87. The highest BCUT2D eigenvalue weighted by Crippen LogP contribution is 2.38. The number of ether oxygens (including phenoxy) is 2. The molecule has 7 heteroatoms. The summed E-state index contributed by atoms with van der Waals surface area (Å²) in [6.07, 6.45) is 5.12. The highest BCUT2D eigenvalue weighted by molar-refractivity contribution is 7.17. The molecule has 0 bridgehead atoms. The van der Waals surface area contributed by atoms with Gasteiger partial charge in [0.25, 0.3) is 5.91 Å². The van der Waals surface area contributed by atoms with Crippen LogP contribution in [0.3, 0.4) is 0 Å². The number of aryl methyl sites for hydroxylation is 1. The molecule has 0 radical (unpaired) electrons. The van der Waals surface area contributed by atoms with Crippen molar-refractivity contribution < 1.29 is 19.1 Å². The summed E-state index contributed by atoms with van der Waals surface area (Å²) in [4.78, 5) is 27.1. The van der Waals surface area contributed by atoms with Crippen LogP contribution in [0.15, 0.2) is 41.8 Å². The highest BCUT2D eigenvalue weighted by atomic mass is 32.1. The van der Waals surface area contributed by atoms with E-state index in [2.05, 4.69) is 5.32 Å². The molecular formula is C23H23NO4S2. The van der Waals surface area contributed by atoms with E-state index >= 15 is 0 Å². The standard InChI is InChI=1S/C23H23NO4S2/c1-27-23(26)20-17-10-6-3-7-11-18(17)30-22(20)24-21(25)19-12-15(14-29-19)13-28-16-8-4-2-5-9-16/h2,4-5,8-9,12,14H,3,6-7,10-11,13H2,1H3,(H,24,25). The summed E-state index contributed by atoms with van der Waals surface area (Å²) in [5.74, 6) is 0.192. The number of hydrogen-bond donors (Lipinski definition) is 1. The quantitative estimate of drug-likeness (QED) is 0.394. The van der Waals surface area contributed by atoms with Gasteiger partial charge in [-0.1, -0.05) is 24.6 Å². The van der Waals surface area contributed by atoms with Gasteiger partial charge in [-0.25, -0.2) is 4.79 Å². The Morgan fingerprint density at radius 2 is 1.90 bits per heavy atom. The molecule has 1 N–H and O–H groups in total. The SMILES string of the molecule is COC(=O)c1c(NC(=O)c2cc(COc3ccccc3)cs2)sc2c1CCCCC2. The van der Waals surface area contributed by atoms with E-state index in [1.807, 2.05) is 41.8 Å². The molecule has 2 heterocycles. The Kier molecular flexibility index (Phi) is 6.50. The van der Waals surface area contributed by atoms with E-state index in [9.17, 15) is 9.59 Å². The van der Waals surface area contributed by atoms with Gasteiger partial charge in [-0.3, -0.25) is 4.79 Å². The molecule has 5 nitrogen and oxygen atoms in total. The van der Waals surface area contributed by atoms with E-state index in [0.717, 1.165) is 49.0 Å². The number of amides is 1. The Morgan fingerprint density at radius 3 is 2.70 bits per heavy atom. The number of carbonyl (C=O) groups excluding carboxylic acids is 2. The average Bonchev–Trinajstić information content (AvgIpc) is 3.31. The molecule has 0 unspecified atom stereocenters. The number of anilines is 1. The lowest BCUT2D eigenvalue weighted by Gasteiger charge is -2.06. The van der Waals surface area contributed by atoms with Crippen LogP contribution in [0.5, 0.6) is 5.75 Å². The largest absolute Gasteiger partial charge is 0.489 e. The van der Waals surface area contributed by atoms with Crippen LogP contribution in [0.4, 0.5) is 5.00 Å². The van der Waals surface area contributed by atoms with Gasteiger partial charge in [-0.05, 0) is 54.8 Å². The Balaban J connectivity index is 1.49. The molecule has 0 spiro atoms. The first-order chi connectivity index (χ1) is 14.7. The fraction of sp³-hybridized carbons (Fsp3) is 0.304. The van der Waals surface area contributed by atoms with Crippen molar-refractivity contribution in [3.05, 3.63) is 68.2 Å². The summed E-state index contributed by atoms with van der Waals surface area (Å²) < 4.78 is 10.8. The zero-order valence-corrected chi connectivity index (χ0v) is 18.4. The van der Waals surface area contributed by atoms with Gasteiger partial charge in [0.05, 0.1) is 17.6 Å². The van der Waals surface area contributed by atoms with Crippen LogP contribution < -0.4 is 10.1 Å². The molecule has 30 heavy (non-hydrogen) atoms. The number of nitrogens with one attached hydrogen (secondary N) is 1. The highest BCUT2D eigenvalue weighted by Gasteiger charge is 2.26. The lowest BCUT2D eigenvalue weighted by molar-refractivity contribution is 0.0601. The van der Waals surface area contributed by atoms with Crippen LogP contribution in [-0.2, 0) is 24.2 Å². The maximum Gasteiger partial charge on any atom is 0.341 e. The zero-order chi connectivity index (χ0) is 20.9. The maximum absolute atomic E-state index is 12.9. The van der Waals surface area contributed by atoms with Crippen molar-refractivity contribution >= 4 is 39.6 Å². The van der Waals surface area contributed by atoms with E-state index in [-0.39, 0.29) is 11.9 Å². The summed E-state index contributed by atoms with van der Waals surface area (Å²) in [7, 11) is 1.38. The number of rotatable bonds is 6. The van der Waals surface area contributed by atoms with Crippen molar-refractivity contribution in [2.45, 2.75) is 38.7 Å². The summed E-state index contributed by atoms with van der Waals surface area (Å²) in [6, 6.07) is 11.4. The smallest absolute Gasteiger partial charge is 0.341 e. The Hall–Kier alpha value is -2.64. The number of thiophene rings is 2. The summed E-state index contributed by atoms with van der Waals surface area (Å²) in [5, 5.41) is 5.47. The molecule has 0 saturated carbocycles. The van der Waals surface area contributed by atoms with Crippen LogP contribution in [0.1, 0.15) is 55.3 Å². The molecule has 0 atom stereocenters. The third-order valence-electron chi connectivity index (χ3n) is 5.06. The Bertz CT molecular complexity index is 1040. The van der Waals surface area contributed by atoms with Gasteiger partial charge in [0.2, 0.25) is 0 Å². The van der Waals surface area contributed by atoms with Gasteiger partial charge >= 0.3 is 5.97 Å². The molecule has 0 fully saturated rings. The molecule has 4 rings (SSSR count). The van der Waals surface area contributed by atoms with Crippen molar-refractivity contribution in [3.63, 3.8) is 0 Å². The predicted octanol–water partition coefficient (Wildman–Crippen LogP) is 5.70. The summed E-state index contributed by atoms with van der Waals surface area (Å²) in [5.41, 5.74) is 2.50. The minimum Gasteiger partial charge on any atom is -0.489 e. The van der Waals surface area contributed by atoms with Gasteiger partial charge in [0.15, 0.2) is 0 Å². The Labute approximate surface area is 183 Å². The van der Waals surface area contributed by atoms with Crippen molar-refractivity contribution in [2.75, 3.05) is 12.4 Å². The van der Waals surface area contributed by atoms with E-state index in [1.165, 1.54) is 34.7 Å². The van der Waals surface area contributed by atoms with Crippen LogP contribution in [0, 0.1) is 0 Å². The first kappa shape index (κ1) is 20.6. The molecule has 1 aromatic carbocycles. The lowest BCUT2D eigenvalue weighted by atomic mass is 10.1. The van der Waals surface area contributed by atoms with Gasteiger partial charge in [-0.2, -0.15) is 0 Å². The second-order valence-electron chi connectivity index (χ2n) is 7.14. The van der Waals surface area contributed by atoms with Crippen LogP contribution in [0.25, 0.3) is 0 Å². The fourth-order valence-electron chi connectivity index (χ4n) is 3.57. The van der Waals surface area contributed by atoms with Crippen molar-refractivity contribution in [1.29, 1.82) is 0 Å². The van der Waals surface area contributed by atoms with Crippen molar-refractivity contribution in [1.82, 2.24) is 0 Å². The van der Waals surface area contributed by atoms with E-state index in [1.54, 1.807) is 0 Å². The van der Waals surface area contributed by atoms with Crippen LogP contribution in [0.2, 0.25) is 0 Å². The zero-order valence-electron chi connectivity index (χ0n) is 16.7.